The minimum atomic E-state index is 0.0507. The Morgan fingerprint density at radius 1 is 1.36 bits per heavy atom. The first kappa shape index (κ1) is 17.0. The Bertz CT molecular complexity index is 607. The van der Waals surface area contributed by atoms with Gasteiger partial charge in [0, 0.05) is 17.2 Å². The molecule has 0 bridgehead atoms. The molecule has 118 valence electrons. The molecule has 5 heteroatoms. The normalized spacial score (nSPS) is 12.1. The lowest BCUT2D eigenvalue weighted by Gasteiger charge is -2.10. The number of thioether (sulfide) groups is 1. The molecule has 1 heterocycles. The van der Waals surface area contributed by atoms with E-state index in [0.29, 0.717) is 6.42 Å². The van der Waals surface area contributed by atoms with E-state index in [2.05, 4.69) is 48.4 Å². The summed E-state index contributed by atoms with van der Waals surface area (Å²) in [5, 5.41) is 4.95. The van der Waals surface area contributed by atoms with Crippen molar-refractivity contribution in [3.05, 3.63) is 46.5 Å². The quantitative estimate of drug-likeness (QED) is 0.772. The van der Waals surface area contributed by atoms with Crippen LogP contribution < -0.4 is 5.32 Å². The molecular formula is C17H22N2OS2. The second kappa shape index (κ2) is 8.34. The minimum absolute atomic E-state index is 0.0507. The van der Waals surface area contributed by atoms with Gasteiger partial charge in [0.2, 0.25) is 5.91 Å². The van der Waals surface area contributed by atoms with Crippen LogP contribution in [0.1, 0.15) is 37.1 Å². The lowest BCUT2D eigenvalue weighted by Crippen LogP contribution is -2.33. The molecule has 2 aromatic rings. The number of aryl methyl sites for hydroxylation is 1. The molecule has 0 aliphatic carbocycles. The molecule has 0 aliphatic heterocycles. The van der Waals surface area contributed by atoms with Crippen LogP contribution in [0.4, 0.5) is 0 Å². The Labute approximate surface area is 140 Å². The number of aromatic nitrogens is 1. The Kier molecular flexibility index (Phi) is 6.46. The van der Waals surface area contributed by atoms with Crippen molar-refractivity contribution < 1.29 is 4.79 Å². The summed E-state index contributed by atoms with van der Waals surface area (Å²) >= 11 is 3.33. The van der Waals surface area contributed by atoms with Gasteiger partial charge in [0.25, 0.3) is 0 Å². The average molecular weight is 335 g/mol. The maximum Gasteiger partial charge on any atom is 0.226 e. The van der Waals surface area contributed by atoms with Gasteiger partial charge in [-0.25, -0.2) is 4.98 Å². The van der Waals surface area contributed by atoms with E-state index in [-0.39, 0.29) is 11.9 Å². The van der Waals surface area contributed by atoms with E-state index >= 15 is 0 Å². The number of thiazole rings is 1. The molecule has 1 aromatic carbocycles. The van der Waals surface area contributed by atoms with Gasteiger partial charge in [0.05, 0.1) is 12.1 Å². The van der Waals surface area contributed by atoms with Crippen molar-refractivity contribution in [2.24, 2.45) is 0 Å². The number of carbonyl (C=O) groups is 1. The molecule has 0 aliphatic rings. The number of nitrogens with one attached hydrogen (secondary N) is 1. The topological polar surface area (TPSA) is 42.0 Å². The zero-order valence-corrected chi connectivity index (χ0v) is 14.9. The predicted molar refractivity (Wildman–Crippen MR) is 94.5 cm³/mol. The third-order valence-corrected chi connectivity index (χ3v) is 5.52. The van der Waals surface area contributed by atoms with Crippen LogP contribution in [0.15, 0.2) is 34.0 Å². The van der Waals surface area contributed by atoms with Crippen LogP contribution in [0.3, 0.4) is 0 Å². The van der Waals surface area contributed by atoms with Gasteiger partial charge in [-0.05, 0) is 25.8 Å². The lowest BCUT2D eigenvalue weighted by atomic mass is 10.2. The summed E-state index contributed by atoms with van der Waals surface area (Å²) in [4.78, 5) is 16.4. The van der Waals surface area contributed by atoms with Crippen molar-refractivity contribution in [2.45, 2.75) is 49.7 Å². The predicted octanol–water partition coefficient (Wildman–Crippen LogP) is 4.20. The Balaban J connectivity index is 1.83. The first-order valence-corrected chi connectivity index (χ1v) is 9.35. The van der Waals surface area contributed by atoms with Crippen LogP contribution in [0.25, 0.3) is 0 Å². The molecule has 0 saturated carbocycles. The van der Waals surface area contributed by atoms with Crippen molar-refractivity contribution in [1.82, 2.24) is 10.3 Å². The van der Waals surface area contributed by atoms with Crippen LogP contribution in [0.5, 0.6) is 0 Å². The van der Waals surface area contributed by atoms with E-state index < -0.39 is 0 Å². The highest BCUT2D eigenvalue weighted by atomic mass is 32.2. The molecule has 0 spiro atoms. The third kappa shape index (κ3) is 5.46. The zero-order chi connectivity index (χ0) is 15.9. The van der Waals surface area contributed by atoms with E-state index in [1.165, 1.54) is 11.1 Å². The second-order valence-electron chi connectivity index (χ2n) is 5.43. The molecule has 0 fully saturated rings. The molecule has 0 radical (unpaired) electrons. The first-order chi connectivity index (χ1) is 10.6. The number of rotatable bonds is 7. The van der Waals surface area contributed by atoms with Crippen molar-refractivity contribution >= 4 is 29.0 Å². The van der Waals surface area contributed by atoms with Crippen LogP contribution in [0, 0.1) is 6.92 Å². The van der Waals surface area contributed by atoms with Gasteiger partial charge in [0.15, 0.2) is 0 Å². The molecule has 2 rings (SSSR count). The lowest BCUT2D eigenvalue weighted by molar-refractivity contribution is -0.121. The summed E-state index contributed by atoms with van der Waals surface area (Å²) in [6, 6.07) is 8.78. The third-order valence-electron chi connectivity index (χ3n) is 3.38. The second-order valence-corrected chi connectivity index (χ2v) is 7.51. The highest BCUT2D eigenvalue weighted by Gasteiger charge is 2.10. The fourth-order valence-corrected chi connectivity index (χ4v) is 3.66. The van der Waals surface area contributed by atoms with Gasteiger partial charge >= 0.3 is 0 Å². The summed E-state index contributed by atoms with van der Waals surface area (Å²) in [6.45, 7) is 6.17. The largest absolute Gasteiger partial charge is 0.353 e. The molecule has 0 saturated heterocycles. The highest BCUT2D eigenvalue weighted by Crippen LogP contribution is 2.26. The molecular weight excluding hydrogens is 312 g/mol. The standard InChI is InChI=1S/C17H22N2OS2/c1-4-13(3)18-16(20)9-15-11-22-17(19-15)21-10-14-7-5-12(2)6-8-14/h5-8,11,13H,4,9-10H2,1-3H3,(H,18,20)/t13-/m1/s1. The Morgan fingerprint density at radius 2 is 2.09 bits per heavy atom. The average Bonchev–Trinajstić information content (AvgIpc) is 2.93. The van der Waals surface area contributed by atoms with Crippen LogP contribution in [-0.4, -0.2) is 16.9 Å². The maximum atomic E-state index is 11.8. The minimum Gasteiger partial charge on any atom is -0.353 e. The fourth-order valence-electron chi connectivity index (χ4n) is 1.86. The molecule has 1 aromatic heterocycles. The van der Waals surface area contributed by atoms with Crippen molar-refractivity contribution in [3.63, 3.8) is 0 Å². The molecule has 22 heavy (non-hydrogen) atoms. The van der Waals surface area contributed by atoms with Gasteiger partial charge < -0.3 is 5.32 Å². The van der Waals surface area contributed by atoms with Gasteiger partial charge in [-0.2, -0.15) is 0 Å². The van der Waals surface area contributed by atoms with Crippen molar-refractivity contribution in [2.75, 3.05) is 0 Å². The van der Waals surface area contributed by atoms with E-state index in [9.17, 15) is 4.79 Å². The molecule has 1 N–H and O–H groups in total. The number of hydrogen-bond acceptors (Lipinski definition) is 4. The smallest absolute Gasteiger partial charge is 0.226 e. The molecule has 1 atom stereocenters. The highest BCUT2D eigenvalue weighted by molar-refractivity contribution is 8.00. The fraction of sp³-hybridized carbons (Fsp3) is 0.412. The van der Waals surface area contributed by atoms with E-state index in [0.717, 1.165) is 22.2 Å². The molecule has 3 nitrogen and oxygen atoms in total. The number of hydrogen-bond donors (Lipinski definition) is 1. The van der Waals surface area contributed by atoms with Gasteiger partial charge in [-0.1, -0.05) is 48.5 Å². The van der Waals surface area contributed by atoms with Crippen molar-refractivity contribution in [3.8, 4) is 0 Å². The summed E-state index contributed by atoms with van der Waals surface area (Å²) in [5.41, 5.74) is 3.43. The Morgan fingerprint density at radius 3 is 2.77 bits per heavy atom. The van der Waals surface area contributed by atoms with Crippen molar-refractivity contribution in [1.29, 1.82) is 0 Å². The van der Waals surface area contributed by atoms with E-state index in [1.807, 2.05) is 12.3 Å². The van der Waals surface area contributed by atoms with Crippen LogP contribution in [0.2, 0.25) is 0 Å². The summed E-state index contributed by atoms with van der Waals surface area (Å²) in [6.07, 6.45) is 1.31. The monoisotopic (exact) mass is 334 g/mol. The maximum absolute atomic E-state index is 11.8. The Hall–Kier alpha value is -1.33. The number of carbonyl (C=O) groups excluding carboxylic acids is 1. The summed E-state index contributed by atoms with van der Waals surface area (Å²) in [5.74, 6) is 0.960. The van der Waals surface area contributed by atoms with Crippen LogP contribution in [-0.2, 0) is 17.0 Å². The van der Waals surface area contributed by atoms with Gasteiger partial charge in [0.1, 0.15) is 4.34 Å². The summed E-state index contributed by atoms with van der Waals surface area (Å²) in [7, 11) is 0. The number of nitrogens with zero attached hydrogens (tertiary/aromatic N) is 1. The molecule has 1 amide bonds. The zero-order valence-electron chi connectivity index (χ0n) is 13.3. The first-order valence-electron chi connectivity index (χ1n) is 7.49. The van der Waals surface area contributed by atoms with Gasteiger partial charge in [-0.15, -0.1) is 11.3 Å². The summed E-state index contributed by atoms with van der Waals surface area (Å²) < 4.78 is 1.02. The van der Waals surface area contributed by atoms with Crippen LogP contribution >= 0.6 is 23.1 Å². The van der Waals surface area contributed by atoms with Gasteiger partial charge in [-0.3, -0.25) is 4.79 Å². The van der Waals surface area contributed by atoms with E-state index in [1.54, 1.807) is 23.1 Å². The number of amides is 1. The van der Waals surface area contributed by atoms with E-state index in [4.69, 9.17) is 0 Å². The number of benzene rings is 1. The SMILES string of the molecule is CC[C@@H](C)NC(=O)Cc1csc(SCc2ccc(C)cc2)n1. The molecule has 0 unspecified atom stereocenters.